The standard InChI is InChI=1S/C17H21ClFN3O3/c1-24-16(23)15-20-13(18)8-14(21-15)25-11-17(4-5-17)10-22-6-2-12(9-19)3-7-22/h8-9H,2-7,10-11H2,1H3. The lowest BCUT2D eigenvalue weighted by atomic mass is 10.0. The number of carbonyl (C=O) groups excluding carboxylic acids is 1. The van der Waals surface area contributed by atoms with E-state index in [0.717, 1.165) is 57.2 Å². The number of nitrogens with zero attached hydrogens (tertiary/aromatic N) is 3. The van der Waals surface area contributed by atoms with Gasteiger partial charge in [-0.15, -0.1) is 0 Å². The largest absolute Gasteiger partial charge is 0.477 e. The van der Waals surface area contributed by atoms with E-state index in [0.29, 0.717) is 6.61 Å². The second kappa shape index (κ2) is 7.66. The molecule has 1 saturated carbocycles. The summed E-state index contributed by atoms with van der Waals surface area (Å²) in [6, 6.07) is 1.49. The van der Waals surface area contributed by atoms with Crippen molar-refractivity contribution in [2.45, 2.75) is 25.7 Å². The molecule has 2 fully saturated rings. The van der Waals surface area contributed by atoms with Crippen LogP contribution in [0, 0.1) is 5.41 Å². The van der Waals surface area contributed by atoms with E-state index < -0.39 is 5.97 Å². The number of carbonyl (C=O) groups is 1. The SMILES string of the molecule is COC(=O)c1nc(Cl)cc(OCC2(CN3CCC(=CF)CC3)CC2)n1. The summed E-state index contributed by atoms with van der Waals surface area (Å²) in [4.78, 5) is 21.8. The van der Waals surface area contributed by atoms with E-state index in [-0.39, 0.29) is 22.3 Å². The Morgan fingerprint density at radius 2 is 2.12 bits per heavy atom. The van der Waals surface area contributed by atoms with Crippen molar-refractivity contribution in [2.24, 2.45) is 5.41 Å². The molecule has 1 aliphatic heterocycles. The van der Waals surface area contributed by atoms with E-state index in [1.54, 1.807) is 0 Å². The molecule has 8 heteroatoms. The van der Waals surface area contributed by atoms with Crippen LogP contribution in [0.3, 0.4) is 0 Å². The first-order valence-corrected chi connectivity index (χ1v) is 8.67. The third-order valence-corrected chi connectivity index (χ3v) is 4.93. The Morgan fingerprint density at radius 3 is 2.72 bits per heavy atom. The van der Waals surface area contributed by atoms with Crippen molar-refractivity contribution in [3.63, 3.8) is 0 Å². The van der Waals surface area contributed by atoms with Crippen molar-refractivity contribution in [1.82, 2.24) is 14.9 Å². The molecule has 2 aliphatic rings. The van der Waals surface area contributed by atoms with Crippen LogP contribution in [0.2, 0.25) is 5.15 Å². The predicted molar refractivity (Wildman–Crippen MR) is 90.4 cm³/mol. The molecular weight excluding hydrogens is 349 g/mol. The third kappa shape index (κ3) is 4.67. The number of rotatable bonds is 6. The molecule has 0 spiro atoms. The maximum atomic E-state index is 12.6. The molecule has 0 radical (unpaired) electrons. The molecule has 1 aromatic heterocycles. The minimum atomic E-state index is -0.654. The quantitative estimate of drug-likeness (QED) is 0.567. The summed E-state index contributed by atoms with van der Waals surface area (Å²) in [6.45, 7) is 3.19. The monoisotopic (exact) mass is 369 g/mol. The Labute approximate surface area is 151 Å². The van der Waals surface area contributed by atoms with Crippen molar-refractivity contribution in [3.05, 3.63) is 28.9 Å². The number of likely N-dealkylation sites (tertiary alicyclic amines) is 1. The van der Waals surface area contributed by atoms with Crippen LogP contribution in [0.4, 0.5) is 4.39 Å². The summed E-state index contributed by atoms with van der Waals surface area (Å²) in [5.74, 6) is -0.497. The molecule has 6 nitrogen and oxygen atoms in total. The third-order valence-electron chi connectivity index (χ3n) is 4.73. The number of piperidine rings is 1. The van der Waals surface area contributed by atoms with Crippen LogP contribution in [0.5, 0.6) is 5.88 Å². The lowest BCUT2D eigenvalue weighted by molar-refractivity contribution is 0.0584. The van der Waals surface area contributed by atoms with Gasteiger partial charge in [0, 0.05) is 31.1 Å². The molecule has 1 saturated heterocycles. The smallest absolute Gasteiger partial charge is 0.376 e. The summed E-state index contributed by atoms with van der Waals surface area (Å²) in [5.41, 5.74) is 0.989. The number of hydrogen-bond acceptors (Lipinski definition) is 6. The number of hydrogen-bond donors (Lipinski definition) is 0. The Balaban J connectivity index is 1.56. The predicted octanol–water partition coefficient (Wildman–Crippen LogP) is 3.02. The summed E-state index contributed by atoms with van der Waals surface area (Å²) in [7, 11) is 1.26. The molecule has 3 rings (SSSR count). The molecular formula is C17H21ClFN3O3. The Morgan fingerprint density at radius 1 is 1.40 bits per heavy atom. The molecule has 0 N–H and O–H groups in total. The molecule has 1 aromatic rings. The zero-order chi connectivity index (χ0) is 17.9. The number of methoxy groups -OCH3 is 1. The molecule has 0 atom stereocenters. The Bertz CT molecular complexity index is 669. The highest BCUT2D eigenvalue weighted by atomic mass is 35.5. The molecule has 136 valence electrons. The van der Waals surface area contributed by atoms with Crippen molar-refractivity contribution in [2.75, 3.05) is 33.4 Å². The van der Waals surface area contributed by atoms with Gasteiger partial charge in [-0.1, -0.05) is 11.6 Å². The topological polar surface area (TPSA) is 64.6 Å². The molecule has 0 aromatic carbocycles. The lowest BCUT2D eigenvalue weighted by Crippen LogP contribution is -2.37. The second-order valence-corrected chi connectivity index (χ2v) is 7.06. The number of esters is 1. The van der Waals surface area contributed by atoms with E-state index in [2.05, 4.69) is 19.6 Å². The van der Waals surface area contributed by atoms with Crippen molar-refractivity contribution >= 4 is 17.6 Å². The van der Waals surface area contributed by atoms with E-state index in [4.69, 9.17) is 16.3 Å². The normalized spacial score (nSPS) is 19.4. The van der Waals surface area contributed by atoms with Gasteiger partial charge in [0.15, 0.2) is 0 Å². The van der Waals surface area contributed by atoms with Gasteiger partial charge in [0.1, 0.15) is 5.15 Å². The lowest BCUT2D eigenvalue weighted by Gasteiger charge is -2.31. The van der Waals surface area contributed by atoms with Gasteiger partial charge >= 0.3 is 5.97 Å². The second-order valence-electron chi connectivity index (χ2n) is 6.68. The van der Waals surface area contributed by atoms with E-state index >= 15 is 0 Å². The fourth-order valence-electron chi connectivity index (χ4n) is 2.99. The van der Waals surface area contributed by atoms with Crippen LogP contribution in [-0.4, -0.2) is 54.2 Å². The zero-order valence-corrected chi connectivity index (χ0v) is 14.9. The summed E-state index contributed by atoms with van der Waals surface area (Å²) in [5, 5.41) is 0.136. The van der Waals surface area contributed by atoms with Gasteiger partial charge in [-0.3, -0.25) is 0 Å². The first-order valence-electron chi connectivity index (χ1n) is 8.30. The van der Waals surface area contributed by atoms with Crippen LogP contribution in [0.1, 0.15) is 36.3 Å². The van der Waals surface area contributed by atoms with Gasteiger partial charge in [-0.05, 0) is 31.3 Å². The maximum Gasteiger partial charge on any atom is 0.376 e. The van der Waals surface area contributed by atoms with Crippen LogP contribution < -0.4 is 4.74 Å². The summed E-state index contributed by atoms with van der Waals surface area (Å²) in [6.07, 6.45) is 4.48. The van der Waals surface area contributed by atoms with E-state index in [9.17, 15) is 9.18 Å². The van der Waals surface area contributed by atoms with Gasteiger partial charge in [0.25, 0.3) is 0 Å². The Hall–Kier alpha value is -1.73. The molecule has 2 heterocycles. The maximum absolute atomic E-state index is 12.6. The average Bonchev–Trinajstić information content (AvgIpc) is 3.39. The van der Waals surface area contributed by atoms with E-state index in [1.165, 1.54) is 13.2 Å². The zero-order valence-electron chi connectivity index (χ0n) is 14.1. The number of aromatic nitrogens is 2. The Kier molecular flexibility index (Phi) is 5.54. The van der Waals surface area contributed by atoms with Gasteiger partial charge in [0.05, 0.1) is 20.0 Å². The number of halogens is 2. The van der Waals surface area contributed by atoms with Crippen molar-refractivity contribution in [3.8, 4) is 5.88 Å². The summed E-state index contributed by atoms with van der Waals surface area (Å²) >= 11 is 5.92. The van der Waals surface area contributed by atoms with Crippen molar-refractivity contribution < 1.29 is 18.7 Å². The van der Waals surface area contributed by atoms with Crippen molar-refractivity contribution in [1.29, 1.82) is 0 Å². The average molecular weight is 370 g/mol. The van der Waals surface area contributed by atoms with E-state index in [1.807, 2.05) is 0 Å². The minimum absolute atomic E-state index is 0.0970. The van der Waals surface area contributed by atoms with Gasteiger partial charge in [-0.25, -0.2) is 14.2 Å². The van der Waals surface area contributed by atoms with Crippen LogP contribution in [0.15, 0.2) is 18.0 Å². The molecule has 0 amide bonds. The van der Waals surface area contributed by atoms with Gasteiger partial charge < -0.3 is 14.4 Å². The molecule has 0 bridgehead atoms. The fourth-order valence-corrected chi connectivity index (χ4v) is 3.16. The van der Waals surface area contributed by atoms with Crippen LogP contribution in [0.25, 0.3) is 0 Å². The van der Waals surface area contributed by atoms with Gasteiger partial charge in [0.2, 0.25) is 11.7 Å². The number of ether oxygens (including phenoxy) is 2. The highest BCUT2D eigenvalue weighted by Gasteiger charge is 2.45. The highest BCUT2D eigenvalue weighted by molar-refractivity contribution is 6.29. The summed E-state index contributed by atoms with van der Waals surface area (Å²) < 4.78 is 23.0. The van der Waals surface area contributed by atoms with Gasteiger partial charge in [-0.2, -0.15) is 4.98 Å². The fraction of sp³-hybridized carbons (Fsp3) is 0.588. The molecule has 25 heavy (non-hydrogen) atoms. The molecule has 1 aliphatic carbocycles. The highest BCUT2D eigenvalue weighted by Crippen LogP contribution is 2.47. The van der Waals surface area contributed by atoms with Crippen LogP contribution in [-0.2, 0) is 4.74 Å². The molecule has 0 unspecified atom stereocenters. The first kappa shape index (κ1) is 18.1. The van der Waals surface area contributed by atoms with Crippen LogP contribution >= 0.6 is 11.6 Å². The first-order chi connectivity index (χ1) is 12.0. The minimum Gasteiger partial charge on any atom is -0.477 e.